The minimum atomic E-state index is -3.68. The molecule has 0 atom stereocenters. The number of hydrogen-bond acceptors (Lipinski definition) is 4. The predicted octanol–water partition coefficient (Wildman–Crippen LogP) is 0.771. The Morgan fingerprint density at radius 1 is 1.58 bits per heavy atom. The molecule has 0 saturated carbocycles. The molecule has 19 heavy (non-hydrogen) atoms. The summed E-state index contributed by atoms with van der Waals surface area (Å²) in [6, 6.07) is 0. The first-order valence-electron chi connectivity index (χ1n) is 6.23. The van der Waals surface area contributed by atoms with Gasteiger partial charge < -0.3 is 9.67 Å². The van der Waals surface area contributed by atoms with Gasteiger partial charge in [-0.05, 0) is 13.3 Å². The first-order valence-corrected chi connectivity index (χ1v) is 7.67. The number of hydrogen-bond donors (Lipinski definition) is 1. The normalized spacial score (nSPS) is 12.0. The summed E-state index contributed by atoms with van der Waals surface area (Å²) in [6.45, 7) is 8.01. The predicted molar refractivity (Wildman–Crippen MR) is 73.3 cm³/mol. The summed E-state index contributed by atoms with van der Waals surface area (Å²) in [4.78, 5) is 4.10. The maximum atomic E-state index is 12.4. The summed E-state index contributed by atoms with van der Waals surface area (Å²) in [5.74, 6) is 0.669. The molecule has 1 rings (SSSR count). The van der Waals surface area contributed by atoms with E-state index < -0.39 is 10.0 Å². The van der Waals surface area contributed by atoms with Crippen LogP contribution in [0.2, 0.25) is 0 Å². The van der Waals surface area contributed by atoms with Crippen molar-refractivity contribution in [2.45, 2.75) is 31.8 Å². The number of aryl methyl sites for hydroxylation is 2. The third-order valence-electron chi connectivity index (χ3n) is 2.70. The number of nitrogens with zero attached hydrogens (tertiary/aromatic N) is 3. The van der Waals surface area contributed by atoms with Crippen LogP contribution in [0.5, 0.6) is 0 Å². The van der Waals surface area contributed by atoms with Crippen LogP contribution in [0.3, 0.4) is 0 Å². The average Bonchev–Trinajstić information content (AvgIpc) is 2.72. The number of aliphatic hydroxyl groups is 1. The molecule has 0 spiro atoms. The average molecular weight is 287 g/mol. The molecule has 108 valence electrons. The van der Waals surface area contributed by atoms with Crippen LogP contribution >= 0.6 is 0 Å². The van der Waals surface area contributed by atoms with Crippen molar-refractivity contribution in [2.24, 2.45) is 0 Å². The van der Waals surface area contributed by atoms with Gasteiger partial charge in [-0.2, -0.15) is 4.31 Å². The van der Waals surface area contributed by atoms with Crippen LogP contribution in [0.15, 0.2) is 23.9 Å². The maximum Gasteiger partial charge on any atom is 0.262 e. The molecule has 0 aliphatic rings. The van der Waals surface area contributed by atoms with Crippen LogP contribution in [-0.4, -0.2) is 47.1 Å². The summed E-state index contributed by atoms with van der Waals surface area (Å²) in [5.41, 5.74) is 0. The zero-order valence-electron chi connectivity index (χ0n) is 11.4. The van der Waals surface area contributed by atoms with Crippen LogP contribution in [-0.2, 0) is 16.6 Å². The summed E-state index contributed by atoms with van der Waals surface area (Å²) in [6.07, 6.45) is 3.94. The monoisotopic (exact) mass is 287 g/mol. The van der Waals surface area contributed by atoms with Gasteiger partial charge in [0.05, 0.1) is 6.61 Å². The standard InChI is InChI=1S/C12H21N3O3S/c1-4-6-14-10-12(13-11(14)3)19(17,18)15(7-5-2)8-9-16/h5,10,16H,2,4,6-9H2,1,3H3. The first-order chi connectivity index (χ1) is 8.97. The maximum absolute atomic E-state index is 12.4. The van der Waals surface area contributed by atoms with Crippen LogP contribution in [0, 0.1) is 6.92 Å². The molecule has 0 unspecified atom stereocenters. The summed E-state index contributed by atoms with van der Waals surface area (Å²) in [7, 11) is -3.68. The highest BCUT2D eigenvalue weighted by Crippen LogP contribution is 2.15. The number of imidazole rings is 1. The fourth-order valence-electron chi connectivity index (χ4n) is 1.77. The Morgan fingerprint density at radius 2 is 2.26 bits per heavy atom. The molecule has 1 heterocycles. The molecule has 0 aliphatic carbocycles. The summed E-state index contributed by atoms with van der Waals surface area (Å²) < 4.78 is 27.7. The molecule has 0 radical (unpaired) electrons. The smallest absolute Gasteiger partial charge is 0.262 e. The van der Waals surface area contributed by atoms with E-state index in [4.69, 9.17) is 5.11 Å². The number of aliphatic hydroxyl groups excluding tert-OH is 1. The van der Waals surface area contributed by atoms with Gasteiger partial charge in [0.25, 0.3) is 10.0 Å². The molecular weight excluding hydrogens is 266 g/mol. The van der Waals surface area contributed by atoms with Crippen molar-refractivity contribution in [1.29, 1.82) is 0 Å². The Bertz CT molecular complexity index is 522. The molecule has 0 fully saturated rings. The van der Waals surface area contributed by atoms with Gasteiger partial charge in [-0.1, -0.05) is 13.0 Å². The quantitative estimate of drug-likeness (QED) is 0.717. The second-order valence-corrected chi connectivity index (χ2v) is 6.08. The minimum Gasteiger partial charge on any atom is -0.395 e. The van der Waals surface area contributed by atoms with E-state index in [0.717, 1.165) is 17.3 Å². The van der Waals surface area contributed by atoms with Crippen molar-refractivity contribution >= 4 is 10.0 Å². The minimum absolute atomic E-state index is 0.0220. The van der Waals surface area contributed by atoms with E-state index in [1.54, 1.807) is 13.1 Å². The van der Waals surface area contributed by atoms with Crippen molar-refractivity contribution in [3.05, 3.63) is 24.7 Å². The number of sulfonamides is 1. The van der Waals surface area contributed by atoms with Crippen LogP contribution < -0.4 is 0 Å². The van der Waals surface area contributed by atoms with Crippen LogP contribution in [0.1, 0.15) is 19.2 Å². The lowest BCUT2D eigenvalue weighted by Gasteiger charge is -2.17. The molecule has 7 heteroatoms. The molecule has 1 aromatic rings. The SMILES string of the molecule is C=CCN(CCO)S(=O)(=O)c1cn(CCC)c(C)n1. The summed E-state index contributed by atoms with van der Waals surface area (Å²) in [5, 5.41) is 8.97. The third kappa shape index (κ3) is 3.65. The molecule has 6 nitrogen and oxygen atoms in total. The van der Waals surface area contributed by atoms with Gasteiger partial charge in [-0.3, -0.25) is 0 Å². The highest BCUT2D eigenvalue weighted by molar-refractivity contribution is 7.89. The Labute approximate surface area is 114 Å². The fraction of sp³-hybridized carbons (Fsp3) is 0.583. The Morgan fingerprint density at radius 3 is 2.79 bits per heavy atom. The van der Waals surface area contributed by atoms with E-state index in [2.05, 4.69) is 11.6 Å². The van der Waals surface area contributed by atoms with Gasteiger partial charge in [0, 0.05) is 25.8 Å². The van der Waals surface area contributed by atoms with Gasteiger partial charge in [-0.15, -0.1) is 6.58 Å². The summed E-state index contributed by atoms with van der Waals surface area (Å²) >= 11 is 0. The lowest BCUT2D eigenvalue weighted by molar-refractivity contribution is 0.260. The van der Waals surface area contributed by atoms with Crippen molar-refractivity contribution in [3.8, 4) is 0 Å². The Kier molecular flexibility index (Phi) is 5.71. The van der Waals surface area contributed by atoms with Gasteiger partial charge >= 0.3 is 0 Å². The second-order valence-electron chi connectivity index (χ2n) is 4.20. The van der Waals surface area contributed by atoms with Crippen molar-refractivity contribution in [1.82, 2.24) is 13.9 Å². The molecular formula is C12H21N3O3S. The zero-order chi connectivity index (χ0) is 14.5. The molecule has 0 saturated heterocycles. The molecule has 0 bridgehead atoms. The lowest BCUT2D eigenvalue weighted by atomic mass is 10.5. The van der Waals surface area contributed by atoms with Gasteiger partial charge in [0.15, 0.2) is 5.03 Å². The van der Waals surface area contributed by atoms with Crippen LogP contribution in [0.25, 0.3) is 0 Å². The Balaban J connectivity index is 3.10. The second kappa shape index (κ2) is 6.83. The number of rotatable bonds is 8. The molecule has 1 aromatic heterocycles. The fourth-order valence-corrected chi connectivity index (χ4v) is 3.16. The van der Waals surface area contributed by atoms with Crippen molar-refractivity contribution in [2.75, 3.05) is 19.7 Å². The zero-order valence-corrected chi connectivity index (χ0v) is 12.2. The first kappa shape index (κ1) is 15.9. The highest BCUT2D eigenvalue weighted by Gasteiger charge is 2.26. The lowest BCUT2D eigenvalue weighted by Crippen LogP contribution is -2.34. The van der Waals surface area contributed by atoms with Crippen LogP contribution in [0.4, 0.5) is 0 Å². The van der Waals surface area contributed by atoms with E-state index >= 15 is 0 Å². The molecule has 0 amide bonds. The Hall–Kier alpha value is -1.18. The van der Waals surface area contributed by atoms with E-state index in [9.17, 15) is 8.42 Å². The van der Waals surface area contributed by atoms with E-state index in [1.165, 1.54) is 6.08 Å². The number of aromatic nitrogens is 2. The third-order valence-corrected chi connectivity index (χ3v) is 4.44. The topological polar surface area (TPSA) is 75.4 Å². The van der Waals surface area contributed by atoms with Crippen molar-refractivity contribution in [3.63, 3.8) is 0 Å². The van der Waals surface area contributed by atoms with Gasteiger partial charge in [0.2, 0.25) is 0 Å². The molecule has 1 N–H and O–H groups in total. The van der Waals surface area contributed by atoms with Gasteiger partial charge in [0.1, 0.15) is 5.82 Å². The van der Waals surface area contributed by atoms with E-state index in [0.29, 0.717) is 5.82 Å². The van der Waals surface area contributed by atoms with Gasteiger partial charge in [-0.25, -0.2) is 13.4 Å². The van der Waals surface area contributed by atoms with E-state index in [-0.39, 0.29) is 24.7 Å². The molecule has 0 aliphatic heterocycles. The van der Waals surface area contributed by atoms with Crippen molar-refractivity contribution < 1.29 is 13.5 Å². The van der Waals surface area contributed by atoms with E-state index in [1.807, 2.05) is 11.5 Å². The highest BCUT2D eigenvalue weighted by atomic mass is 32.2. The molecule has 0 aromatic carbocycles. The largest absolute Gasteiger partial charge is 0.395 e.